The molecule has 0 spiro atoms. The van der Waals surface area contributed by atoms with Crippen LogP contribution >= 0.6 is 0 Å². The zero-order valence-corrected chi connectivity index (χ0v) is 16.7. The monoisotopic (exact) mass is 377 g/mol. The van der Waals surface area contributed by atoms with E-state index in [1.54, 1.807) is 6.92 Å². The van der Waals surface area contributed by atoms with Crippen LogP contribution in [0.1, 0.15) is 43.3 Å². The Morgan fingerprint density at radius 2 is 1.82 bits per heavy atom. The molecule has 0 aliphatic heterocycles. The molecule has 5 heteroatoms. The van der Waals surface area contributed by atoms with E-state index in [4.69, 9.17) is 4.98 Å². The molecule has 0 radical (unpaired) electrons. The Balaban J connectivity index is 1.61. The first-order valence-electron chi connectivity index (χ1n) is 9.75. The largest absolute Gasteiger partial charge is 0.356 e. The third-order valence-corrected chi connectivity index (χ3v) is 5.16. The van der Waals surface area contributed by atoms with E-state index in [0.29, 0.717) is 19.4 Å². The van der Waals surface area contributed by atoms with Crippen LogP contribution in [0.2, 0.25) is 0 Å². The van der Waals surface area contributed by atoms with Crippen LogP contribution in [0.25, 0.3) is 11.0 Å². The molecule has 1 aromatic heterocycles. The summed E-state index contributed by atoms with van der Waals surface area (Å²) in [4.78, 5) is 28.9. The summed E-state index contributed by atoms with van der Waals surface area (Å²) in [5, 5.41) is 2.99. The fourth-order valence-electron chi connectivity index (χ4n) is 3.40. The summed E-state index contributed by atoms with van der Waals surface area (Å²) in [6, 6.07) is 15.6. The molecule has 0 aliphatic carbocycles. The molecule has 0 saturated heterocycles. The van der Waals surface area contributed by atoms with Gasteiger partial charge in [-0.2, -0.15) is 0 Å². The van der Waals surface area contributed by atoms with Crippen molar-refractivity contribution in [1.82, 2.24) is 14.9 Å². The van der Waals surface area contributed by atoms with E-state index in [1.807, 2.05) is 66.9 Å². The van der Waals surface area contributed by atoms with Crippen molar-refractivity contribution in [1.29, 1.82) is 0 Å². The minimum atomic E-state index is -0.252. The first kappa shape index (κ1) is 19.8. The number of fused-ring (bicyclic) bond motifs is 1. The maximum absolute atomic E-state index is 12.2. The molecule has 1 N–H and O–H groups in total. The number of carbonyl (C=O) groups excluding carboxylic acids is 2. The van der Waals surface area contributed by atoms with E-state index < -0.39 is 0 Å². The van der Waals surface area contributed by atoms with Gasteiger partial charge in [0.25, 0.3) is 0 Å². The summed E-state index contributed by atoms with van der Waals surface area (Å²) in [7, 11) is 0. The number of hydrogen-bond acceptors (Lipinski definition) is 3. The molecule has 0 bridgehead atoms. The molecular formula is C23H27N3O2. The Morgan fingerprint density at radius 3 is 2.57 bits per heavy atom. The van der Waals surface area contributed by atoms with E-state index in [2.05, 4.69) is 5.32 Å². The van der Waals surface area contributed by atoms with Crippen molar-refractivity contribution in [2.24, 2.45) is 0 Å². The predicted molar refractivity (Wildman–Crippen MR) is 111 cm³/mol. The highest BCUT2D eigenvalue weighted by atomic mass is 16.1. The van der Waals surface area contributed by atoms with Crippen molar-refractivity contribution >= 4 is 22.7 Å². The maximum Gasteiger partial charge on any atom is 0.224 e. The van der Waals surface area contributed by atoms with Crippen LogP contribution in [0.3, 0.4) is 0 Å². The van der Waals surface area contributed by atoms with Gasteiger partial charge >= 0.3 is 0 Å². The minimum absolute atomic E-state index is 0.0277. The summed E-state index contributed by atoms with van der Waals surface area (Å²) < 4.78 is 2.02. The number of aryl methyl sites for hydroxylation is 2. The van der Waals surface area contributed by atoms with Crippen molar-refractivity contribution in [3.8, 4) is 0 Å². The van der Waals surface area contributed by atoms with Gasteiger partial charge in [0.1, 0.15) is 5.82 Å². The van der Waals surface area contributed by atoms with Crippen molar-refractivity contribution in [3.63, 3.8) is 0 Å². The quantitative estimate of drug-likeness (QED) is 0.608. The zero-order valence-electron chi connectivity index (χ0n) is 16.7. The second-order valence-corrected chi connectivity index (χ2v) is 7.23. The molecule has 0 aliphatic rings. The smallest absolute Gasteiger partial charge is 0.224 e. The summed E-state index contributed by atoms with van der Waals surface area (Å²) in [5.74, 6) is 1.02. The number of rotatable bonds is 8. The van der Waals surface area contributed by atoms with E-state index in [9.17, 15) is 9.59 Å². The molecule has 2 aromatic carbocycles. The van der Waals surface area contributed by atoms with E-state index in [0.717, 1.165) is 34.4 Å². The van der Waals surface area contributed by atoms with Gasteiger partial charge in [-0.15, -0.1) is 0 Å². The number of carbonyl (C=O) groups is 2. The lowest BCUT2D eigenvalue weighted by molar-refractivity contribution is -0.120. The van der Waals surface area contributed by atoms with Crippen molar-refractivity contribution in [2.45, 2.75) is 46.1 Å². The number of Topliss-reactive ketones (excluding diaryl/α,β-unsaturated/α-hetero) is 1. The molecular weight excluding hydrogens is 350 g/mol. The number of amides is 1. The zero-order chi connectivity index (χ0) is 20.1. The third-order valence-electron chi connectivity index (χ3n) is 5.16. The van der Waals surface area contributed by atoms with Crippen molar-refractivity contribution in [3.05, 3.63) is 65.5 Å². The Morgan fingerprint density at radius 1 is 1.11 bits per heavy atom. The number of ketones is 1. The summed E-state index contributed by atoms with van der Waals surface area (Å²) in [5.41, 5.74) is 4.06. The van der Waals surface area contributed by atoms with Crippen LogP contribution in [0.15, 0.2) is 48.5 Å². The lowest BCUT2D eigenvalue weighted by Gasteiger charge is -2.15. The van der Waals surface area contributed by atoms with Crippen LogP contribution in [-0.4, -0.2) is 27.8 Å². The highest BCUT2D eigenvalue weighted by molar-refractivity contribution is 5.84. The molecule has 3 rings (SSSR count). The van der Waals surface area contributed by atoms with Crippen LogP contribution in [0.4, 0.5) is 0 Å². The van der Waals surface area contributed by atoms with E-state index in [-0.39, 0.29) is 17.7 Å². The topological polar surface area (TPSA) is 64.0 Å². The van der Waals surface area contributed by atoms with Crippen LogP contribution in [-0.2, 0) is 22.4 Å². The van der Waals surface area contributed by atoms with Gasteiger partial charge in [0.05, 0.1) is 23.5 Å². The average Bonchev–Trinajstić information content (AvgIpc) is 3.04. The molecule has 1 heterocycles. The number of benzene rings is 2. The normalized spacial score (nSPS) is 12.1. The molecule has 28 heavy (non-hydrogen) atoms. The Bertz CT molecular complexity index is 990. The second kappa shape index (κ2) is 8.83. The highest BCUT2D eigenvalue weighted by Crippen LogP contribution is 2.22. The number of aromatic nitrogens is 2. The van der Waals surface area contributed by atoms with E-state index in [1.165, 1.54) is 0 Å². The molecule has 3 aromatic rings. The Hall–Kier alpha value is -2.95. The van der Waals surface area contributed by atoms with E-state index >= 15 is 0 Å². The Kier molecular flexibility index (Phi) is 6.24. The molecule has 0 fully saturated rings. The minimum Gasteiger partial charge on any atom is -0.356 e. The molecule has 1 atom stereocenters. The molecule has 1 unspecified atom stereocenters. The first-order valence-corrected chi connectivity index (χ1v) is 9.75. The summed E-state index contributed by atoms with van der Waals surface area (Å²) in [6.45, 7) is 6.12. The second-order valence-electron chi connectivity index (χ2n) is 7.23. The maximum atomic E-state index is 12.2. The van der Waals surface area contributed by atoms with Crippen LogP contribution in [0, 0.1) is 6.92 Å². The van der Waals surface area contributed by atoms with Gasteiger partial charge in [0.2, 0.25) is 5.91 Å². The number of nitrogens with zero attached hydrogens (tertiary/aromatic N) is 2. The fraction of sp³-hybridized carbons (Fsp3) is 0.348. The van der Waals surface area contributed by atoms with Gasteiger partial charge in [0, 0.05) is 13.0 Å². The summed E-state index contributed by atoms with van der Waals surface area (Å²) >= 11 is 0. The Labute approximate surface area is 165 Å². The van der Waals surface area contributed by atoms with Crippen molar-refractivity contribution in [2.75, 3.05) is 6.54 Å². The average molecular weight is 377 g/mol. The third kappa shape index (κ3) is 4.47. The van der Waals surface area contributed by atoms with Gasteiger partial charge in [-0.1, -0.05) is 36.4 Å². The number of hydrogen-bond donors (Lipinski definition) is 1. The van der Waals surface area contributed by atoms with Gasteiger partial charge in [-0.25, -0.2) is 4.98 Å². The fourth-order valence-corrected chi connectivity index (χ4v) is 3.40. The highest BCUT2D eigenvalue weighted by Gasteiger charge is 2.18. The number of imidazole rings is 1. The lowest BCUT2D eigenvalue weighted by atomic mass is 10.1. The number of nitrogens with one attached hydrogen (secondary N) is 1. The first-order chi connectivity index (χ1) is 13.5. The SMILES string of the molecule is CC(=O)C(C)n1c(CCCNC(=O)Cc2ccccc2C)nc2ccccc21. The van der Waals surface area contributed by atoms with Crippen LogP contribution in [0.5, 0.6) is 0 Å². The lowest BCUT2D eigenvalue weighted by Crippen LogP contribution is -2.27. The molecule has 5 nitrogen and oxygen atoms in total. The van der Waals surface area contributed by atoms with Crippen molar-refractivity contribution < 1.29 is 9.59 Å². The summed E-state index contributed by atoms with van der Waals surface area (Å²) in [6.07, 6.45) is 1.87. The number of para-hydroxylation sites is 2. The van der Waals surface area contributed by atoms with Gasteiger partial charge in [-0.05, 0) is 50.5 Å². The van der Waals surface area contributed by atoms with Gasteiger partial charge in [-0.3, -0.25) is 9.59 Å². The molecule has 1 amide bonds. The van der Waals surface area contributed by atoms with Gasteiger partial charge in [0.15, 0.2) is 5.78 Å². The molecule has 146 valence electrons. The van der Waals surface area contributed by atoms with Gasteiger partial charge < -0.3 is 9.88 Å². The molecule has 0 saturated carbocycles. The predicted octanol–water partition coefficient (Wildman–Crippen LogP) is 3.79. The standard InChI is InChI=1S/C23H27N3O2/c1-16-9-4-5-10-19(16)15-23(28)24-14-8-13-22-25-20-11-6-7-12-21(20)26(22)17(2)18(3)27/h4-7,9-12,17H,8,13-15H2,1-3H3,(H,24,28). The van der Waals surface area contributed by atoms with Crippen LogP contribution < -0.4 is 5.32 Å².